The van der Waals surface area contributed by atoms with Crippen molar-refractivity contribution in [3.8, 4) is 0 Å². The van der Waals surface area contributed by atoms with Crippen LogP contribution in [0.25, 0.3) is 11.6 Å². The van der Waals surface area contributed by atoms with E-state index in [1.54, 1.807) is 12.1 Å². The van der Waals surface area contributed by atoms with Crippen LogP contribution in [0, 0.1) is 17.0 Å². The van der Waals surface area contributed by atoms with Crippen LogP contribution in [-0.2, 0) is 10.0 Å². The monoisotopic (exact) mass is 421 g/mol. The molecule has 0 saturated carbocycles. The second-order valence-corrected chi connectivity index (χ2v) is 8.95. The van der Waals surface area contributed by atoms with Crippen molar-refractivity contribution in [3.05, 3.63) is 93.5 Å². The van der Waals surface area contributed by atoms with Gasteiger partial charge in [-0.05, 0) is 36.3 Å². The number of nitrogens with zero attached hydrogens (tertiary/aromatic N) is 2. The highest BCUT2D eigenvalue weighted by atomic mass is 32.2. The molecule has 30 heavy (non-hydrogen) atoms. The van der Waals surface area contributed by atoms with Crippen LogP contribution in [0.1, 0.15) is 16.7 Å². The van der Waals surface area contributed by atoms with Crippen molar-refractivity contribution in [2.24, 2.45) is 0 Å². The predicted molar refractivity (Wildman–Crippen MR) is 118 cm³/mol. The molecule has 0 saturated heterocycles. The number of rotatable bonds is 4. The summed E-state index contributed by atoms with van der Waals surface area (Å²) in [6, 6.07) is 18.5. The van der Waals surface area contributed by atoms with Gasteiger partial charge in [-0.25, -0.2) is 8.42 Å². The maximum atomic E-state index is 13.4. The number of fused-ring (bicyclic) bond motifs is 1. The van der Waals surface area contributed by atoms with Gasteiger partial charge in [-0.2, -0.15) is 0 Å². The van der Waals surface area contributed by atoms with Gasteiger partial charge in [-0.3, -0.25) is 14.4 Å². The summed E-state index contributed by atoms with van der Waals surface area (Å²) in [5.41, 5.74) is 9.27. The number of nitrogen functional groups attached to an aromatic ring is 1. The molecule has 152 valence electrons. The zero-order chi connectivity index (χ0) is 21.5. The third-order valence-corrected chi connectivity index (χ3v) is 6.77. The first-order chi connectivity index (χ1) is 14.3. The summed E-state index contributed by atoms with van der Waals surface area (Å²) in [6.45, 7) is 1.90. The number of aryl methyl sites for hydroxylation is 1. The van der Waals surface area contributed by atoms with Gasteiger partial charge in [0.15, 0.2) is 0 Å². The first kappa shape index (κ1) is 19.7. The Labute approximate surface area is 174 Å². The average Bonchev–Trinajstić information content (AvgIpc) is 3.08. The zero-order valence-electron chi connectivity index (χ0n) is 16.1. The van der Waals surface area contributed by atoms with Gasteiger partial charge in [0.25, 0.3) is 15.7 Å². The fraction of sp³-hybridized carbons (Fsp3) is 0.0909. The van der Waals surface area contributed by atoms with E-state index in [-0.39, 0.29) is 28.5 Å². The van der Waals surface area contributed by atoms with Gasteiger partial charge in [-0.15, -0.1) is 0 Å². The normalized spacial score (nSPS) is 14.7. The van der Waals surface area contributed by atoms with Crippen molar-refractivity contribution in [3.63, 3.8) is 0 Å². The number of sulfonamides is 1. The van der Waals surface area contributed by atoms with E-state index >= 15 is 0 Å². The summed E-state index contributed by atoms with van der Waals surface area (Å²) in [5.74, 6) is 0. The van der Waals surface area contributed by atoms with E-state index in [1.165, 1.54) is 28.6 Å². The van der Waals surface area contributed by atoms with E-state index in [0.29, 0.717) is 11.1 Å². The fourth-order valence-corrected chi connectivity index (χ4v) is 4.97. The number of anilines is 2. The van der Waals surface area contributed by atoms with Crippen LogP contribution in [0.3, 0.4) is 0 Å². The molecule has 0 radical (unpaired) electrons. The number of benzene rings is 3. The van der Waals surface area contributed by atoms with E-state index in [0.717, 1.165) is 11.1 Å². The van der Waals surface area contributed by atoms with Gasteiger partial charge in [-0.1, -0.05) is 48.0 Å². The molecule has 0 aromatic heterocycles. The highest BCUT2D eigenvalue weighted by Crippen LogP contribution is 2.45. The molecule has 0 fully saturated rings. The molecule has 1 aliphatic heterocycles. The van der Waals surface area contributed by atoms with Gasteiger partial charge in [0, 0.05) is 23.4 Å². The molecule has 0 atom stereocenters. The highest BCUT2D eigenvalue weighted by molar-refractivity contribution is 7.92. The second kappa shape index (κ2) is 7.31. The van der Waals surface area contributed by atoms with E-state index in [2.05, 4.69) is 0 Å². The Bertz CT molecular complexity index is 1270. The van der Waals surface area contributed by atoms with E-state index < -0.39 is 14.9 Å². The van der Waals surface area contributed by atoms with Crippen molar-refractivity contribution in [1.82, 2.24) is 0 Å². The molecule has 2 N–H and O–H groups in total. The lowest BCUT2D eigenvalue weighted by Crippen LogP contribution is -2.29. The minimum atomic E-state index is -3.94. The standard InChI is InChI=1S/C22H19N3O4S/c1-15-7-9-19(10-8-15)30(28,29)24-14-17(11-16-5-3-2-4-6-16)22-20(23)12-18(25(26)27)13-21(22)24/h2-13H,14,23H2,1H3/b17-11+. The molecule has 3 aromatic carbocycles. The van der Waals surface area contributed by atoms with Crippen LogP contribution >= 0.6 is 0 Å². The minimum absolute atomic E-state index is 0.0335. The molecule has 0 aliphatic carbocycles. The highest BCUT2D eigenvalue weighted by Gasteiger charge is 2.36. The molecule has 7 nitrogen and oxygen atoms in total. The lowest BCUT2D eigenvalue weighted by Gasteiger charge is -2.19. The summed E-state index contributed by atoms with van der Waals surface area (Å²) in [7, 11) is -3.94. The number of non-ortho nitro benzene ring substituents is 1. The molecule has 0 amide bonds. The molecule has 0 bridgehead atoms. The first-order valence-electron chi connectivity index (χ1n) is 9.20. The Hall–Kier alpha value is -3.65. The maximum Gasteiger partial charge on any atom is 0.273 e. The van der Waals surface area contributed by atoms with Crippen LogP contribution in [0.5, 0.6) is 0 Å². The summed E-state index contributed by atoms with van der Waals surface area (Å²) < 4.78 is 28.0. The van der Waals surface area contributed by atoms with Crippen LogP contribution in [0.2, 0.25) is 0 Å². The van der Waals surface area contributed by atoms with Crippen LogP contribution < -0.4 is 10.0 Å². The van der Waals surface area contributed by atoms with Crippen LogP contribution in [0.15, 0.2) is 71.6 Å². The smallest absolute Gasteiger partial charge is 0.273 e. The third-order valence-electron chi connectivity index (χ3n) is 5.00. The van der Waals surface area contributed by atoms with Gasteiger partial charge < -0.3 is 5.73 Å². The molecule has 1 heterocycles. The Morgan fingerprint density at radius 3 is 2.37 bits per heavy atom. The van der Waals surface area contributed by atoms with Crippen molar-refractivity contribution >= 4 is 38.7 Å². The SMILES string of the molecule is Cc1ccc(S(=O)(=O)N2C/C(=C\c3ccccc3)c3c(N)cc([N+](=O)[O-])cc32)cc1. The van der Waals surface area contributed by atoms with E-state index in [4.69, 9.17) is 5.73 Å². The van der Waals surface area contributed by atoms with Crippen molar-refractivity contribution in [2.45, 2.75) is 11.8 Å². The topological polar surface area (TPSA) is 107 Å². The molecule has 0 unspecified atom stereocenters. The third kappa shape index (κ3) is 3.42. The van der Waals surface area contributed by atoms with E-state index in [9.17, 15) is 18.5 Å². The van der Waals surface area contributed by atoms with Crippen molar-refractivity contribution in [1.29, 1.82) is 0 Å². The molecule has 0 spiro atoms. The molecular formula is C22H19N3O4S. The maximum absolute atomic E-state index is 13.4. The fourth-order valence-electron chi connectivity index (χ4n) is 3.52. The van der Waals surface area contributed by atoms with Gasteiger partial charge >= 0.3 is 0 Å². The first-order valence-corrected chi connectivity index (χ1v) is 10.6. The zero-order valence-corrected chi connectivity index (χ0v) is 17.0. The Morgan fingerprint density at radius 2 is 1.73 bits per heavy atom. The number of nitrogens with two attached hydrogens (primary N) is 1. The Balaban J connectivity index is 1.91. The average molecular weight is 421 g/mol. The largest absolute Gasteiger partial charge is 0.398 e. The minimum Gasteiger partial charge on any atom is -0.398 e. The second-order valence-electron chi connectivity index (χ2n) is 7.09. The molecule has 8 heteroatoms. The molecular weight excluding hydrogens is 402 g/mol. The van der Waals surface area contributed by atoms with Crippen LogP contribution in [0.4, 0.5) is 17.1 Å². The summed E-state index contributed by atoms with van der Waals surface area (Å²) >= 11 is 0. The van der Waals surface area contributed by atoms with Gasteiger partial charge in [0.2, 0.25) is 0 Å². The van der Waals surface area contributed by atoms with Gasteiger partial charge in [0.1, 0.15) is 0 Å². The van der Waals surface area contributed by atoms with Crippen LogP contribution in [-0.4, -0.2) is 19.9 Å². The number of hydrogen-bond donors (Lipinski definition) is 1. The lowest BCUT2D eigenvalue weighted by molar-refractivity contribution is -0.384. The number of hydrogen-bond acceptors (Lipinski definition) is 5. The number of nitro benzene ring substituents is 1. The Kier molecular flexibility index (Phi) is 4.79. The lowest BCUT2D eigenvalue weighted by atomic mass is 10.0. The summed E-state index contributed by atoms with van der Waals surface area (Å²) in [4.78, 5) is 10.9. The van der Waals surface area contributed by atoms with E-state index in [1.807, 2.05) is 43.3 Å². The van der Waals surface area contributed by atoms with Crippen molar-refractivity contribution < 1.29 is 13.3 Å². The quantitative estimate of drug-likeness (QED) is 0.385. The molecule has 4 rings (SSSR count). The molecule has 3 aromatic rings. The summed E-state index contributed by atoms with van der Waals surface area (Å²) in [6.07, 6.45) is 1.85. The van der Waals surface area contributed by atoms with Crippen molar-refractivity contribution in [2.75, 3.05) is 16.6 Å². The molecule has 1 aliphatic rings. The van der Waals surface area contributed by atoms with Gasteiger partial charge in [0.05, 0.1) is 22.1 Å². The number of nitro groups is 1. The Morgan fingerprint density at radius 1 is 1.07 bits per heavy atom. The summed E-state index contributed by atoms with van der Waals surface area (Å²) in [5, 5.41) is 11.4. The predicted octanol–water partition coefficient (Wildman–Crippen LogP) is 4.23.